The van der Waals surface area contributed by atoms with Crippen LogP contribution in [0.2, 0.25) is 0 Å². The fraction of sp³-hybridized carbons (Fsp3) is 0.158. The highest BCUT2D eigenvalue weighted by atomic mass is 19.1. The van der Waals surface area contributed by atoms with E-state index in [0.29, 0.717) is 23.0 Å². The van der Waals surface area contributed by atoms with E-state index in [1.165, 1.54) is 6.20 Å². The number of nitrogens with one attached hydrogen (secondary N) is 1. The molecule has 4 aromatic rings. The smallest absolute Gasteiger partial charge is 0.154 e. The number of fused-ring (bicyclic) bond motifs is 1. The molecule has 4 aromatic heterocycles. The number of aryl methyl sites for hydroxylation is 3. The predicted octanol–water partition coefficient (Wildman–Crippen LogP) is 3.99. The summed E-state index contributed by atoms with van der Waals surface area (Å²) in [4.78, 5) is 12.6. The highest BCUT2D eigenvalue weighted by Gasteiger charge is 2.09. The maximum atomic E-state index is 14.1. The second-order valence-electron chi connectivity index (χ2n) is 6.19. The molecule has 0 aliphatic carbocycles. The van der Waals surface area contributed by atoms with Gasteiger partial charge in [0.25, 0.3) is 0 Å². The van der Waals surface area contributed by atoms with Crippen LogP contribution in [0.1, 0.15) is 17.2 Å². The van der Waals surface area contributed by atoms with Gasteiger partial charge in [0.15, 0.2) is 5.82 Å². The molecule has 1 N–H and O–H groups in total. The maximum absolute atomic E-state index is 14.1. The molecule has 0 aliphatic rings. The van der Waals surface area contributed by atoms with E-state index >= 15 is 0 Å². The largest absolute Gasteiger partial charge is 0.323 e. The molecule has 0 unspecified atom stereocenters. The monoisotopic (exact) mass is 348 g/mol. The molecule has 0 saturated heterocycles. The number of hydrogen-bond donors (Lipinski definition) is 1. The molecule has 4 rings (SSSR count). The Morgan fingerprint density at radius 1 is 0.962 bits per heavy atom. The Morgan fingerprint density at radius 3 is 2.62 bits per heavy atom. The van der Waals surface area contributed by atoms with E-state index < -0.39 is 0 Å². The standard InChI is InChI=1S/C19H17FN6/c1-11-6-16(17(20)10-21-11)14-4-5-26-15(8-14)9-19(25-26)24-18-7-12(2)22-13(3)23-18/h4-10H,1-3H3,(H,22,23,24,25). The Labute approximate surface area is 149 Å². The summed E-state index contributed by atoms with van der Waals surface area (Å²) >= 11 is 0. The van der Waals surface area contributed by atoms with Crippen molar-refractivity contribution < 1.29 is 4.39 Å². The van der Waals surface area contributed by atoms with E-state index in [2.05, 4.69) is 25.4 Å². The lowest BCUT2D eigenvalue weighted by molar-refractivity contribution is 0.624. The molecule has 0 aliphatic heterocycles. The molecule has 7 heteroatoms. The molecular formula is C19H17FN6. The van der Waals surface area contributed by atoms with Crippen molar-refractivity contribution in [2.24, 2.45) is 0 Å². The number of pyridine rings is 2. The van der Waals surface area contributed by atoms with E-state index in [9.17, 15) is 4.39 Å². The van der Waals surface area contributed by atoms with Crippen LogP contribution in [0.4, 0.5) is 16.0 Å². The first-order valence-corrected chi connectivity index (χ1v) is 8.19. The summed E-state index contributed by atoms with van der Waals surface area (Å²) in [6, 6.07) is 9.22. The molecule has 0 spiro atoms. The van der Waals surface area contributed by atoms with E-state index in [4.69, 9.17) is 0 Å². The molecule has 0 bridgehead atoms. The summed E-state index contributed by atoms with van der Waals surface area (Å²) in [5.74, 6) is 1.70. The predicted molar refractivity (Wildman–Crippen MR) is 97.9 cm³/mol. The van der Waals surface area contributed by atoms with Crippen molar-refractivity contribution in [1.82, 2.24) is 24.6 Å². The zero-order chi connectivity index (χ0) is 18.3. The van der Waals surface area contributed by atoms with Crippen molar-refractivity contribution in [1.29, 1.82) is 0 Å². The highest BCUT2D eigenvalue weighted by molar-refractivity contribution is 5.71. The van der Waals surface area contributed by atoms with E-state index in [1.807, 2.05) is 51.2 Å². The minimum absolute atomic E-state index is 0.343. The van der Waals surface area contributed by atoms with Crippen LogP contribution in [-0.2, 0) is 0 Å². The highest BCUT2D eigenvalue weighted by Crippen LogP contribution is 2.25. The molecule has 0 atom stereocenters. The van der Waals surface area contributed by atoms with Crippen LogP contribution in [0.5, 0.6) is 0 Å². The van der Waals surface area contributed by atoms with Crippen LogP contribution >= 0.6 is 0 Å². The van der Waals surface area contributed by atoms with Crippen LogP contribution in [0.3, 0.4) is 0 Å². The minimum atomic E-state index is -0.343. The van der Waals surface area contributed by atoms with Gasteiger partial charge >= 0.3 is 0 Å². The van der Waals surface area contributed by atoms with Crippen molar-refractivity contribution in [3.05, 3.63) is 65.8 Å². The second-order valence-corrected chi connectivity index (χ2v) is 6.19. The Balaban J connectivity index is 1.70. The molecule has 0 fully saturated rings. The number of anilines is 2. The van der Waals surface area contributed by atoms with Crippen molar-refractivity contribution >= 4 is 17.2 Å². The third-order valence-electron chi connectivity index (χ3n) is 3.99. The van der Waals surface area contributed by atoms with Gasteiger partial charge in [0.1, 0.15) is 17.5 Å². The molecule has 0 radical (unpaired) electrons. The van der Waals surface area contributed by atoms with Crippen LogP contribution in [0.15, 0.2) is 42.7 Å². The molecule has 26 heavy (non-hydrogen) atoms. The third-order valence-corrected chi connectivity index (χ3v) is 3.99. The fourth-order valence-corrected chi connectivity index (χ4v) is 2.90. The normalized spacial score (nSPS) is 11.1. The van der Waals surface area contributed by atoms with Gasteiger partial charge in [0, 0.05) is 35.3 Å². The van der Waals surface area contributed by atoms with Crippen molar-refractivity contribution in [2.75, 3.05) is 5.32 Å². The van der Waals surface area contributed by atoms with Crippen LogP contribution in [0, 0.1) is 26.6 Å². The molecule has 6 nitrogen and oxygen atoms in total. The SMILES string of the molecule is Cc1cc(-c2ccn3nc(Nc4cc(C)nc(C)n4)cc3c2)c(F)cn1. The summed E-state index contributed by atoms with van der Waals surface area (Å²) in [5.41, 5.74) is 3.81. The lowest BCUT2D eigenvalue weighted by atomic mass is 10.1. The lowest BCUT2D eigenvalue weighted by Gasteiger charge is -2.04. The van der Waals surface area contributed by atoms with Gasteiger partial charge in [0.05, 0.1) is 11.7 Å². The zero-order valence-electron chi connectivity index (χ0n) is 14.7. The van der Waals surface area contributed by atoms with E-state index in [1.54, 1.807) is 10.6 Å². The first-order chi connectivity index (χ1) is 12.5. The quantitative estimate of drug-likeness (QED) is 0.606. The summed E-state index contributed by atoms with van der Waals surface area (Å²) in [5, 5.41) is 7.67. The zero-order valence-corrected chi connectivity index (χ0v) is 14.7. The van der Waals surface area contributed by atoms with Gasteiger partial charge in [-0.15, -0.1) is 0 Å². The number of hydrogen-bond acceptors (Lipinski definition) is 5. The van der Waals surface area contributed by atoms with Gasteiger partial charge in [-0.2, -0.15) is 5.10 Å². The van der Waals surface area contributed by atoms with Gasteiger partial charge < -0.3 is 5.32 Å². The first-order valence-electron chi connectivity index (χ1n) is 8.19. The van der Waals surface area contributed by atoms with Crippen LogP contribution in [0.25, 0.3) is 16.6 Å². The van der Waals surface area contributed by atoms with Crippen molar-refractivity contribution in [2.45, 2.75) is 20.8 Å². The number of aromatic nitrogens is 5. The molecule has 0 saturated carbocycles. The van der Waals surface area contributed by atoms with Gasteiger partial charge in [0.2, 0.25) is 0 Å². The summed E-state index contributed by atoms with van der Waals surface area (Å²) in [7, 11) is 0. The Kier molecular flexibility index (Phi) is 3.84. The van der Waals surface area contributed by atoms with Crippen LogP contribution in [-0.4, -0.2) is 24.6 Å². The molecular weight excluding hydrogens is 331 g/mol. The topological polar surface area (TPSA) is 68.0 Å². The van der Waals surface area contributed by atoms with Crippen molar-refractivity contribution in [3.63, 3.8) is 0 Å². The molecule has 4 heterocycles. The summed E-state index contributed by atoms with van der Waals surface area (Å²) in [6.07, 6.45) is 3.06. The van der Waals surface area contributed by atoms with E-state index in [-0.39, 0.29) is 5.82 Å². The maximum Gasteiger partial charge on any atom is 0.154 e. The molecule has 0 amide bonds. The number of rotatable bonds is 3. The minimum Gasteiger partial charge on any atom is -0.323 e. The van der Waals surface area contributed by atoms with E-state index in [0.717, 1.165) is 22.5 Å². The number of nitrogens with zero attached hydrogens (tertiary/aromatic N) is 5. The summed E-state index contributed by atoms with van der Waals surface area (Å²) < 4.78 is 15.8. The Morgan fingerprint density at radius 2 is 1.81 bits per heavy atom. The van der Waals surface area contributed by atoms with Crippen LogP contribution < -0.4 is 5.32 Å². The lowest BCUT2D eigenvalue weighted by Crippen LogP contribution is -1.99. The Hall–Kier alpha value is -3.35. The average Bonchev–Trinajstić information content (AvgIpc) is 2.97. The second kappa shape index (κ2) is 6.18. The summed E-state index contributed by atoms with van der Waals surface area (Å²) in [6.45, 7) is 5.61. The number of halogens is 1. The van der Waals surface area contributed by atoms with Gasteiger partial charge in [-0.1, -0.05) is 0 Å². The van der Waals surface area contributed by atoms with Crippen molar-refractivity contribution in [3.8, 4) is 11.1 Å². The third kappa shape index (κ3) is 3.11. The molecule has 130 valence electrons. The van der Waals surface area contributed by atoms with Gasteiger partial charge in [-0.25, -0.2) is 18.9 Å². The molecule has 0 aromatic carbocycles. The van der Waals surface area contributed by atoms with Gasteiger partial charge in [-0.05, 0) is 44.5 Å². The fourth-order valence-electron chi connectivity index (χ4n) is 2.90. The average molecular weight is 348 g/mol. The Bertz CT molecular complexity index is 1100. The first kappa shape index (κ1) is 16.1. The van der Waals surface area contributed by atoms with Gasteiger partial charge in [-0.3, -0.25) is 4.98 Å².